The fourth-order valence-corrected chi connectivity index (χ4v) is 3.59. The van der Waals surface area contributed by atoms with E-state index in [1.165, 1.54) is 31.6 Å². The van der Waals surface area contributed by atoms with Gasteiger partial charge in [0, 0.05) is 11.9 Å². The normalized spacial score (nSPS) is 13.7. The molecule has 7 nitrogen and oxygen atoms in total. The zero-order valence-corrected chi connectivity index (χ0v) is 16.4. The molecule has 0 unspecified atom stereocenters. The lowest BCUT2D eigenvalue weighted by Crippen LogP contribution is -2.26. The number of methoxy groups -OCH3 is 2. The average Bonchev–Trinajstić information content (AvgIpc) is 3.37. The summed E-state index contributed by atoms with van der Waals surface area (Å²) in [7, 11) is 2.52. The van der Waals surface area contributed by atoms with Crippen molar-refractivity contribution in [3.05, 3.63) is 71.4 Å². The molecule has 1 aliphatic rings. The molecule has 0 saturated heterocycles. The Balaban J connectivity index is 1.83. The molecule has 0 atom stereocenters. The number of rotatable bonds is 4. The Labute approximate surface area is 170 Å². The van der Waals surface area contributed by atoms with E-state index in [2.05, 4.69) is 4.98 Å². The van der Waals surface area contributed by atoms with Gasteiger partial charge >= 0.3 is 11.9 Å². The molecule has 3 aromatic rings. The fourth-order valence-electron chi connectivity index (χ4n) is 2.94. The number of carbonyl (C=O) groups is 2. The van der Waals surface area contributed by atoms with Crippen LogP contribution in [0.3, 0.4) is 0 Å². The van der Waals surface area contributed by atoms with Gasteiger partial charge < -0.3 is 18.8 Å². The molecule has 0 aliphatic carbocycles. The molecule has 0 bridgehead atoms. The van der Waals surface area contributed by atoms with Crippen molar-refractivity contribution in [2.45, 2.75) is 0 Å². The zero-order chi connectivity index (χ0) is 20.4. The van der Waals surface area contributed by atoms with Crippen LogP contribution in [-0.2, 0) is 19.1 Å². The molecule has 0 saturated carbocycles. The summed E-state index contributed by atoms with van der Waals surface area (Å²) in [6.45, 7) is 0. The van der Waals surface area contributed by atoms with Crippen LogP contribution in [0.1, 0.15) is 0 Å². The standard InChI is InChI=1S/C21H16N2O5S/c1-26-20(24)14-6-3-4-10-23(18(14)21(25)27-2)13-8-9-16-15(12-13)22-19(28-16)17-7-5-11-29-17/h3-12H,1-2H3. The van der Waals surface area contributed by atoms with Crippen LogP contribution in [0.2, 0.25) is 0 Å². The largest absolute Gasteiger partial charge is 0.465 e. The summed E-state index contributed by atoms with van der Waals surface area (Å²) >= 11 is 1.53. The monoisotopic (exact) mass is 408 g/mol. The highest BCUT2D eigenvalue weighted by Crippen LogP contribution is 2.32. The number of hydrogen-bond acceptors (Lipinski definition) is 8. The van der Waals surface area contributed by atoms with Crippen molar-refractivity contribution in [3.8, 4) is 10.8 Å². The van der Waals surface area contributed by atoms with Crippen LogP contribution in [0.4, 0.5) is 5.69 Å². The van der Waals surface area contributed by atoms with E-state index in [1.807, 2.05) is 17.5 Å². The molecule has 2 aromatic heterocycles. The Morgan fingerprint density at radius 2 is 1.93 bits per heavy atom. The van der Waals surface area contributed by atoms with Crippen molar-refractivity contribution >= 4 is 40.1 Å². The topological polar surface area (TPSA) is 81.9 Å². The summed E-state index contributed by atoms with van der Waals surface area (Å²) < 4.78 is 15.6. The van der Waals surface area contributed by atoms with Crippen molar-refractivity contribution in [1.29, 1.82) is 0 Å². The van der Waals surface area contributed by atoms with Crippen molar-refractivity contribution in [3.63, 3.8) is 0 Å². The second-order valence-corrected chi connectivity index (χ2v) is 6.91. The number of fused-ring (bicyclic) bond motifs is 1. The van der Waals surface area contributed by atoms with Gasteiger partial charge in [-0.15, -0.1) is 11.3 Å². The van der Waals surface area contributed by atoms with Gasteiger partial charge in [-0.05, 0) is 41.8 Å². The van der Waals surface area contributed by atoms with Crippen LogP contribution in [0.15, 0.2) is 75.8 Å². The number of carbonyl (C=O) groups excluding carboxylic acids is 2. The number of benzene rings is 1. The van der Waals surface area contributed by atoms with Crippen molar-refractivity contribution in [2.24, 2.45) is 0 Å². The van der Waals surface area contributed by atoms with Crippen LogP contribution < -0.4 is 4.90 Å². The van der Waals surface area contributed by atoms with Crippen LogP contribution in [0.5, 0.6) is 0 Å². The third kappa shape index (κ3) is 3.45. The summed E-state index contributed by atoms with van der Waals surface area (Å²) in [6.07, 6.45) is 6.54. The van der Waals surface area contributed by atoms with Gasteiger partial charge in [0.15, 0.2) is 5.58 Å². The summed E-state index contributed by atoms with van der Waals surface area (Å²) in [6, 6.07) is 9.19. The maximum absolute atomic E-state index is 12.5. The molecule has 0 radical (unpaired) electrons. The number of nitrogens with zero attached hydrogens (tertiary/aromatic N) is 2. The molecule has 0 spiro atoms. The number of aromatic nitrogens is 1. The van der Waals surface area contributed by atoms with Crippen LogP contribution >= 0.6 is 11.3 Å². The van der Waals surface area contributed by atoms with E-state index in [0.717, 1.165) is 4.88 Å². The zero-order valence-electron chi connectivity index (χ0n) is 15.6. The predicted octanol–water partition coefficient (Wildman–Crippen LogP) is 4.05. The number of anilines is 1. The van der Waals surface area contributed by atoms with E-state index in [0.29, 0.717) is 22.7 Å². The van der Waals surface area contributed by atoms with E-state index in [1.54, 1.807) is 41.5 Å². The number of oxazole rings is 1. The molecule has 29 heavy (non-hydrogen) atoms. The Morgan fingerprint density at radius 3 is 2.66 bits per heavy atom. The van der Waals surface area contributed by atoms with E-state index < -0.39 is 11.9 Å². The Kier molecular flexibility index (Phi) is 5.01. The van der Waals surface area contributed by atoms with Gasteiger partial charge in [-0.25, -0.2) is 14.6 Å². The van der Waals surface area contributed by atoms with Gasteiger partial charge in [0.05, 0.1) is 24.7 Å². The number of esters is 2. The molecule has 0 N–H and O–H groups in total. The smallest absolute Gasteiger partial charge is 0.355 e. The quantitative estimate of drug-likeness (QED) is 0.603. The molecule has 8 heteroatoms. The van der Waals surface area contributed by atoms with Gasteiger partial charge in [0.2, 0.25) is 5.89 Å². The molecule has 4 rings (SSSR count). The first-order valence-electron chi connectivity index (χ1n) is 8.62. The van der Waals surface area contributed by atoms with Gasteiger partial charge in [0.25, 0.3) is 0 Å². The minimum atomic E-state index is -0.666. The lowest BCUT2D eigenvalue weighted by molar-refractivity contribution is -0.139. The second kappa shape index (κ2) is 7.76. The molecule has 1 aliphatic heterocycles. The van der Waals surface area contributed by atoms with E-state index >= 15 is 0 Å². The molecule has 146 valence electrons. The Morgan fingerprint density at radius 1 is 1.10 bits per heavy atom. The molecule has 1 aromatic carbocycles. The maximum atomic E-state index is 12.5. The summed E-state index contributed by atoms with van der Waals surface area (Å²) in [5, 5.41) is 1.95. The minimum Gasteiger partial charge on any atom is -0.465 e. The lowest BCUT2D eigenvalue weighted by atomic mass is 10.1. The number of ether oxygens (including phenoxy) is 2. The van der Waals surface area contributed by atoms with Crippen LogP contribution in [0.25, 0.3) is 21.9 Å². The third-order valence-corrected chi connectivity index (χ3v) is 5.13. The molecule has 3 heterocycles. The first-order valence-corrected chi connectivity index (χ1v) is 9.50. The lowest BCUT2D eigenvalue weighted by Gasteiger charge is -2.22. The number of hydrogen-bond donors (Lipinski definition) is 0. The maximum Gasteiger partial charge on any atom is 0.355 e. The highest BCUT2D eigenvalue weighted by molar-refractivity contribution is 7.13. The van der Waals surface area contributed by atoms with E-state index in [-0.39, 0.29) is 11.3 Å². The van der Waals surface area contributed by atoms with Gasteiger partial charge in [-0.1, -0.05) is 12.1 Å². The summed E-state index contributed by atoms with van der Waals surface area (Å²) in [5.74, 6) is -0.779. The van der Waals surface area contributed by atoms with Gasteiger partial charge in [-0.3, -0.25) is 0 Å². The van der Waals surface area contributed by atoms with Crippen molar-refractivity contribution < 1.29 is 23.5 Å². The highest BCUT2D eigenvalue weighted by atomic mass is 32.1. The van der Waals surface area contributed by atoms with Crippen LogP contribution in [0, 0.1) is 0 Å². The van der Waals surface area contributed by atoms with Crippen molar-refractivity contribution in [1.82, 2.24) is 4.98 Å². The summed E-state index contributed by atoms with van der Waals surface area (Å²) in [5.41, 5.74) is 1.99. The first-order chi connectivity index (χ1) is 14.1. The molecular formula is C21H16N2O5S. The highest BCUT2D eigenvalue weighted by Gasteiger charge is 2.27. The minimum absolute atomic E-state index is 0.0469. The third-order valence-electron chi connectivity index (χ3n) is 4.27. The fraction of sp³-hybridized carbons (Fsp3) is 0.0952. The van der Waals surface area contributed by atoms with Gasteiger partial charge in [-0.2, -0.15) is 0 Å². The Bertz CT molecular complexity index is 1170. The van der Waals surface area contributed by atoms with Crippen molar-refractivity contribution in [2.75, 3.05) is 19.1 Å². The second-order valence-electron chi connectivity index (χ2n) is 5.96. The SMILES string of the molecule is COC(=O)C1=C(C(=O)OC)N(c2ccc3oc(-c4cccs4)nc3c2)C=CC=C1. The molecule has 0 fully saturated rings. The predicted molar refractivity (Wildman–Crippen MR) is 109 cm³/mol. The van der Waals surface area contributed by atoms with Gasteiger partial charge in [0.1, 0.15) is 11.2 Å². The van der Waals surface area contributed by atoms with E-state index in [4.69, 9.17) is 13.9 Å². The number of allylic oxidation sites excluding steroid dienone is 2. The summed E-state index contributed by atoms with van der Waals surface area (Å²) in [4.78, 5) is 31.8. The average molecular weight is 408 g/mol. The first kappa shape index (κ1) is 18.7. The Hall–Kier alpha value is -3.65. The van der Waals surface area contributed by atoms with E-state index in [9.17, 15) is 9.59 Å². The van der Waals surface area contributed by atoms with Crippen LogP contribution in [-0.4, -0.2) is 31.1 Å². The number of thiophene rings is 1. The molecular weight excluding hydrogens is 392 g/mol. The molecule has 0 amide bonds.